The molecule has 0 atom stereocenters. The maximum absolute atomic E-state index is 11.0. The fourth-order valence-corrected chi connectivity index (χ4v) is 0.839. The van der Waals surface area contributed by atoms with Gasteiger partial charge in [-0.2, -0.15) is 0 Å². The highest BCUT2D eigenvalue weighted by atomic mass is 16.5. The Kier molecular flexibility index (Phi) is 4.34. The van der Waals surface area contributed by atoms with Crippen molar-refractivity contribution < 1.29 is 9.53 Å². The van der Waals surface area contributed by atoms with Gasteiger partial charge in [0.05, 0.1) is 12.7 Å². The second-order valence-electron chi connectivity index (χ2n) is 2.20. The van der Waals surface area contributed by atoms with E-state index in [4.69, 9.17) is 5.73 Å². The number of nitrogens with two attached hydrogens (primary N) is 1. The molecule has 0 aromatic carbocycles. The Labute approximate surface area is 67.2 Å². The molecule has 0 aliphatic heterocycles. The van der Waals surface area contributed by atoms with Gasteiger partial charge >= 0.3 is 5.97 Å². The average molecular weight is 157 g/mol. The lowest BCUT2D eigenvalue weighted by Gasteiger charge is -2.05. The molecule has 0 unspecified atom stereocenters. The molecule has 0 saturated heterocycles. The summed E-state index contributed by atoms with van der Waals surface area (Å²) in [5.74, 6) is -0.313. The number of hydrogen-bond donors (Lipinski definition) is 1. The lowest BCUT2D eigenvalue weighted by Crippen LogP contribution is -2.11. The fraction of sp³-hybridized carbons (Fsp3) is 0.625. The first-order chi connectivity index (χ1) is 5.17. The molecule has 0 aromatic rings. The summed E-state index contributed by atoms with van der Waals surface area (Å²) in [6, 6.07) is 0. The first-order valence-corrected chi connectivity index (χ1v) is 3.73. The molecule has 3 nitrogen and oxygen atoms in total. The quantitative estimate of drug-likeness (QED) is 0.494. The zero-order chi connectivity index (χ0) is 8.85. The van der Waals surface area contributed by atoms with E-state index in [2.05, 4.69) is 4.74 Å². The zero-order valence-electron chi connectivity index (χ0n) is 7.31. The van der Waals surface area contributed by atoms with Crippen LogP contribution < -0.4 is 5.73 Å². The van der Waals surface area contributed by atoms with E-state index < -0.39 is 0 Å². The molecular weight excluding hydrogens is 142 g/mol. The van der Waals surface area contributed by atoms with Crippen LogP contribution in [-0.4, -0.2) is 13.1 Å². The van der Waals surface area contributed by atoms with Gasteiger partial charge in [0, 0.05) is 5.70 Å². The Bertz CT molecular complexity index is 173. The molecule has 3 heteroatoms. The van der Waals surface area contributed by atoms with E-state index in [1.54, 1.807) is 0 Å². The fourth-order valence-electron chi connectivity index (χ4n) is 0.839. The van der Waals surface area contributed by atoms with Crippen molar-refractivity contribution >= 4 is 5.97 Å². The minimum Gasteiger partial charge on any atom is -0.466 e. The summed E-state index contributed by atoms with van der Waals surface area (Å²) in [6.45, 7) is 3.79. The number of carbonyl (C=O) groups is 1. The van der Waals surface area contributed by atoms with Crippen LogP contribution in [0.1, 0.15) is 26.7 Å². The minimum atomic E-state index is -0.313. The van der Waals surface area contributed by atoms with Crippen LogP contribution in [0.2, 0.25) is 0 Å². The van der Waals surface area contributed by atoms with Crippen molar-refractivity contribution in [1.82, 2.24) is 0 Å². The van der Waals surface area contributed by atoms with Gasteiger partial charge in [-0.15, -0.1) is 0 Å². The van der Waals surface area contributed by atoms with Crippen LogP contribution in [0, 0.1) is 0 Å². The van der Waals surface area contributed by atoms with Crippen LogP contribution >= 0.6 is 0 Å². The molecule has 11 heavy (non-hydrogen) atoms. The predicted molar refractivity (Wildman–Crippen MR) is 43.8 cm³/mol. The number of esters is 1. The topological polar surface area (TPSA) is 52.3 Å². The van der Waals surface area contributed by atoms with Crippen LogP contribution in [0.3, 0.4) is 0 Å². The van der Waals surface area contributed by atoms with Gasteiger partial charge in [0.15, 0.2) is 0 Å². The molecule has 0 rings (SSSR count). The van der Waals surface area contributed by atoms with E-state index in [0.717, 1.165) is 0 Å². The maximum atomic E-state index is 11.0. The minimum absolute atomic E-state index is 0.313. The lowest BCUT2D eigenvalue weighted by atomic mass is 10.1. The van der Waals surface area contributed by atoms with Crippen LogP contribution in [0.4, 0.5) is 0 Å². The van der Waals surface area contributed by atoms with E-state index in [-0.39, 0.29) is 5.97 Å². The third kappa shape index (κ3) is 2.62. The van der Waals surface area contributed by atoms with Crippen molar-refractivity contribution in [1.29, 1.82) is 0 Å². The van der Waals surface area contributed by atoms with E-state index >= 15 is 0 Å². The van der Waals surface area contributed by atoms with Crippen molar-refractivity contribution in [2.45, 2.75) is 26.7 Å². The molecule has 0 heterocycles. The number of methoxy groups -OCH3 is 1. The third-order valence-corrected chi connectivity index (χ3v) is 1.55. The molecule has 2 N–H and O–H groups in total. The first-order valence-electron chi connectivity index (χ1n) is 3.73. The Hall–Kier alpha value is -0.990. The van der Waals surface area contributed by atoms with Crippen LogP contribution in [0.25, 0.3) is 0 Å². The number of hydrogen-bond acceptors (Lipinski definition) is 3. The summed E-state index contributed by atoms with van der Waals surface area (Å²) < 4.78 is 4.55. The van der Waals surface area contributed by atoms with Crippen molar-refractivity contribution in [2.75, 3.05) is 7.11 Å². The standard InChI is InChI=1S/C8H15NO2/c1-4-6(7(9)5-2)8(10)11-3/h4-5,9H2,1-3H3. The molecule has 0 spiro atoms. The van der Waals surface area contributed by atoms with Crippen LogP contribution in [0.15, 0.2) is 11.3 Å². The average Bonchev–Trinajstić information content (AvgIpc) is 2.05. The van der Waals surface area contributed by atoms with Crippen LogP contribution in [0.5, 0.6) is 0 Å². The highest BCUT2D eigenvalue weighted by Gasteiger charge is 2.09. The highest BCUT2D eigenvalue weighted by molar-refractivity contribution is 5.88. The lowest BCUT2D eigenvalue weighted by molar-refractivity contribution is -0.136. The normalized spacial score (nSPS) is 12.3. The van der Waals surface area contributed by atoms with Gasteiger partial charge in [0.2, 0.25) is 0 Å². The summed E-state index contributed by atoms with van der Waals surface area (Å²) >= 11 is 0. The summed E-state index contributed by atoms with van der Waals surface area (Å²) in [4.78, 5) is 11.0. The second kappa shape index (κ2) is 4.77. The van der Waals surface area contributed by atoms with Crippen molar-refractivity contribution in [2.24, 2.45) is 5.73 Å². The van der Waals surface area contributed by atoms with Gasteiger partial charge < -0.3 is 10.5 Å². The number of carbonyl (C=O) groups excluding carboxylic acids is 1. The summed E-state index contributed by atoms with van der Waals surface area (Å²) in [7, 11) is 1.36. The first kappa shape index (κ1) is 10.0. The Morgan fingerprint density at radius 1 is 1.36 bits per heavy atom. The van der Waals surface area contributed by atoms with Gasteiger partial charge in [0.1, 0.15) is 0 Å². The van der Waals surface area contributed by atoms with Crippen molar-refractivity contribution in [3.63, 3.8) is 0 Å². The van der Waals surface area contributed by atoms with Gasteiger partial charge in [-0.3, -0.25) is 0 Å². The molecule has 0 amide bonds. The highest BCUT2D eigenvalue weighted by Crippen LogP contribution is 2.08. The maximum Gasteiger partial charge on any atom is 0.335 e. The van der Waals surface area contributed by atoms with Gasteiger partial charge in [0.25, 0.3) is 0 Å². The van der Waals surface area contributed by atoms with Crippen molar-refractivity contribution in [3.8, 4) is 0 Å². The van der Waals surface area contributed by atoms with Crippen molar-refractivity contribution in [3.05, 3.63) is 11.3 Å². The molecule has 64 valence electrons. The molecule has 0 bridgehead atoms. The molecule has 0 aromatic heterocycles. The van der Waals surface area contributed by atoms with Gasteiger partial charge in [-0.1, -0.05) is 13.8 Å². The summed E-state index contributed by atoms with van der Waals surface area (Å²) in [5.41, 5.74) is 6.80. The monoisotopic (exact) mass is 157 g/mol. The van der Waals surface area contributed by atoms with Crippen LogP contribution in [-0.2, 0) is 9.53 Å². The molecular formula is C8H15NO2. The largest absolute Gasteiger partial charge is 0.466 e. The summed E-state index contributed by atoms with van der Waals surface area (Å²) in [5, 5.41) is 0. The number of ether oxygens (including phenoxy) is 1. The van der Waals surface area contributed by atoms with Gasteiger partial charge in [-0.25, -0.2) is 4.79 Å². The van der Waals surface area contributed by atoms with E-state index in [9.17, 15) is 4.79 Å². The van der Waals surface area contributed by atoms with Gasteiger partial charge in [-0.05, 0) is 12.8 Å². The van der Waals surface area contributed by atoms with E-state index in [1.807, 2.05) is 13.8 Å². The zero-order valence-corrected chi connectivity index (χ0v) is 7.31. The SMILES string of the molecule is CCC(N)=C(CC)C(=O)OC. The number of rotatable bonds is 3. The van der Waals surface area contributed by atoms with E-state index in [0.29, 0.717) is 24.1 Å². The molecule has 0 fully saturated rings. The second-order valence-corrected chi connectivity index (χ2v) is 2.20. The smallest absolute Gasteiger partial charge is 0.335 e. The molecule has 0 aliphatic rings. The summed E-state index contributed by atoms with van der Waals surface area (Å²) in [6.07, 6.45) is 1.32. The third-order valence-electron chi connectivity index (χ3n) is 1.55. The molecule has 0 aliphatic carbocycles. The Morgan fingerprint density at radius 3 is 2.18 bits per heavy atom. The molecule has 0 saturated carbocycles. The molecule has 0 radical (unpaired) electrons. The number of allylic oxidation sites excluding steroid dienone is 1. The Morgan fingerprint density at radius 2 is 1.91 bits per heavy atom. The Balaban J connectivity index is 4.50. The van der Waals surface area contributed by atoms with E-state index in [1.165, 1.54) is 7.11 Å². The predicted octanol–water partition coefficient (Wildman–Crippen LogP) is 1.19.